The summed E-state index contributed by atoms with van der Waals surface area (Å²) >= 11 is 0. The maximum absolute atomic E-state index is 14.1. The Kier molecular flexibility index (Phi) is 4.89. The number of carbonyl (C=O) groups excluding carboxylic acids is 3. The lowest BCUT2D eigenvalue weighted by Crippen LogP contribution is -2.73. The number of furan rings is 1. The first kappa shape index (κ1) is 24.2. The van der Waals surface area contributed by atoms with Crippen molar-refractivity contribution in [3.63, 3.8) is 0 Å². The highest BCUT2D eigenvalue weighted by Gasteiger charge is 2.74. The number of rotatable bonds is 2. The number of phenolic OH excluding ortho intramolecular Hbond substituents is 1. The summed E-state index contributed by atoms with van der Waals surface area (Å²) in [5, 5.41) is 46.0. The van der Waals surface area contributed by atoms with Gasteiger partial charge in [0.15, 0.2) is 11.4 Å². The molecule has 1 fully saturated rings. The number of hydrogen-bond acceptors (Lipinski definition) is 8. The third-order valence-corrected chi connectivity index (χ3v) is 8.88. The Morgan fingerprint density at radius 2 is 1.78 bits per heavy atom. The van der Waals surface area contributed by atoms with E-state index in [1.54, 1.807) is 39.0 Å². The van der Waals surface area contributed by atoms with Crippen LogP contribution in [0.5, 0.6) is 5.75 Å². The summed E-state index contributed by atoms with van der Waals surface area (Å²) in [6.07, 6.45) is -0.0848. The van der Waals surface area contributed by atoms with Crippen molar-refractivity contribution in [2.24, 2.45) is 10.8 Å². The molecule has 8 heteroatoms. The Bertz CT molecular complexity index is 1430. The predicted molar refractivity (Wildman–Crippen MR) is 129 cm³/mol. The van der Waals surface area contributed by atoms with Crippen molar-refractivity contribution >= 4 is 23.1 Å². The molecule has 0 radical (unpaired) electrons. The number of aliphatic hydroxyl groups excluding tert-OH is 2. The molecule has 0 aliphatic heterocycles. The van der Waals surface area contributed by atoms with Gasteiger partial charge in [-0.1, -0.05) is 26.3 Å². The lowest BCUT2D eigenvalue weighted by atomic mass is 9.43. The number of aromatic hydroxyl groups is 1. The van der Waals surface area contributed by atoms with Gasteiger partial charge >= 0.3 is 0 Å². The maximum atomic E-state index is 14.1. The second-order valence-electron chi connectivity index (χ2n) is 10.7. The molecule has 5 rings (SSSR count). The molecule has 1 heterocycles. The van der Waals surface area contributed by atoms with Gasteiger partial charge in [0.25, 0.3) is 0 Å². The van der Waals surface area contributed by atoms with E-state index in [9.17, 15) is 34.8 Å². The highest BCUT2D eigenvalue weighted by Crippen LogP contribution is 2.66. The van der Waals surface area contributed by atoms with Crippen LogP contribution in [0.15, 0.2) is 51.7 Å². The van der Waals surface area contributed by atoms with Gasteiger partial charge in [0.05, 0.1) is 29.1 Å². The van der Waals surface area contributed by atoms with Crippen LogP contribution in [0.1, 0.15) is 58.1 Å². The molecule has 0 bridgehead atoms. The van der Waals surface area contributed by atoms with E-state index in [1.807, 2.05) is 0 Å². The molecule has 0 spiro atoms. The highest BCUT2D eigenvalue weighted by atomic mass is 16.3. The Morgan fingerprint density at radius 3 is 2.36 bits per heavy atom. The molecule has 0 amide bonds. The number of aliphatic hydroxyl groups is 3. The first-order chi connectivity index (χ1) is 16.7. The molecule has 1 saturated carbocycles. The van der Waals surface area contributed by atoms with Gasteiger partial charge in [0.1, 0.15) is 17.3 Å². The van der Waals surface area contributed by atoms with Gasteiger partial charge in [-0.15, -0.1) is 0 Å². The fraction of sp³-hybridized carbons (Fsp3) is 0.393. The van der Waals surface area contributed by atoms with Crippen LogP contribution in [0.4, 0.5) is 0 Å². The third-order valence-electron chi connectivity index (χ3n) is 8.88. The monoisotopic (exact) mass is 492 g/mol. The topological polar surface area (TPSA) is 145 Å². The second-order valence-corrected chi connectivity index (χ2v) is 10.7. The van der Waals surface area contributed by atoms with E-state index in [4.69, 9.17) is 4.42 Å². The fourth-order valence-corrected chi connectivity index (χ4v) is 6.94. The smallest absolute Gasteiger partial charge is 0.206 e. The van der Waals surface area contributed by atoms with Crippen LogP contribution >= 0.6 is 0 Å². The summed E-state index contributed by atoms with van der Waals surface area (Å²) in [5.74, 6) is -3.89. The number of allylic oxidation sites excluding steroid dienone is 1. The Labute approximate surface area is 207 Å². The van der Waals surface area contributed by atoms with Gasteiger partial charge in [-0.25, -0.2) is 0 Å². The van der Waals surface area contributed by atoms with Gasteiger partial charge in [-0.2, -0.15) is 0 Å². The quantitative estimate of drug-likeness (QED) is 0.368. The third kappa shape index (κ3) is 2.53. The van der Waals surface area contributed by atoms with Gasteiger partial charge < -0.3 is 24.8 Å². The summed E-state index contributed by atoms with van der Waals surface area (Å²) in [5.41, 5.74) is -5.16. The fourth-order valence-electron chi connectivity index (χ4n) is 6.94. The molecule has 2 aromatic rings. The van der Waals surface area contributed by atoms with E-state index >= 15 is 0 Å². The molecule has 1 aromatic carbocycles. The van der Waals surface area contributed by atoms with Crippen molar-refractivity contribution in [3.05, 3.63) is 58.4 Å². The zero-order valence-electron chi connectivity index (χ0n) is 20.7. The molecule has 0 saturated heterocycles. The van der Waals surface area contributed by atoms with Crippen LogP contribution in [0.3, 0.4) is 0 Å². The predicted octanol–water partition coefficient (Wildman–Crippen LogP) is 3.60. The normalized spacial score (nSPS) is 33.9. The Morgan fingerprint density at radius 1 is 1.11 bits per heavy atom. The average molecular weight is 493 g/mol. The van der Waals surface area contributed by atoms with Crippen molar-refractivity contribution in [1.82, 2.24) is 0 Å². The molecule has 1 aromatic heterocycles. The number of benzene rings is 1. The number of hydrogen-bond donors (Lipinski definition) is 4. The van der Waals surface area contributed by atoms with Crippen molar-refractivity contribution in [3.8, 4) is 17.1 Å². The number of phenols is 1. The lowest BCUT2D eigenvalue weighted by molar-refractivity contribution is -0.197. The van der Waals surface area contributed by atoms with Gasteiger partial charge in [-0.05, 0) is 56.0 Å². The molecule has 188 valence electrons. The van der Waals surface area contributed by atoms with Gasteiger partial charge in [-0.3, -0.25) is 14.4 Å². The van der Waals surface area contributed by atoms with E-state index in [1.165, 1.54) is 26.2 Å². The first-order valence-electron chi connectivity index (χ1n) is 11.8. The number of carbonyl (C=O) groups is 3. The summed E-state index contributed by atoms with van der Waals surface area (Å²) in [4.78, 5) is 40.0. The maximum Gasteiger partial charge on any atom is 0.206 e. The zero-order chi connectivity index (χ0) is 26.5. The van der Waals surface area contributed by atoms with E-state index < -0.39 is 51.6 Å². The van der Waals surface area contributed by atoms with E-state index in [2.05, 4.69) is 0 Å². The standard InChI is InChI=1S/C28H28O8/c1-12-11-26(4)25(34)27(5)13(2)19-15(17-7-6-10-36-17)8-9-16(30)20(19)22(31)21(27)24(33)28(26,35)23(32)18(12)14(3)29/h6-10,13,25,30-31,34-35H,11H2,1-5H3/t13-,25+,26+,27+,28+/m1/s1. The molecule has 3 aliphatic rings. The van der Waals surface area contributed by atoms with Gasteiger partial charge in [0, 0.05) is 16.4 Å². The minimum absolute atomic E-state index is 0.0293. The first-order valence-corrected chi connectivity index (χ1v) is 11.8. The largest absolute Gasteiger partial charge is 0.507 e. The van der Waals surface area contributed by atoms with Crippen molar-refractivity contribution in [2.45, 2.75) is 58.7 Å². The molecule has 36 heavy (non-hydrogen) atoms. The van der Waals surface area contributed by atoms with Crippen LogP contribution in [-0.4, -0.2) is 49.5 Å². The Balaban J connectivity index is 1.86. The Hall–Kier alpha value is -3.49. The highest BCUT2D eigenvalue weighted by molar-refractivity contribution is 6.33. The van der Waals surface area contributed by atoms with Crippen LogP contribution in [-0.2, 0) is 14.4 Å². The SMILES string of the molecule is CC(=O)C1=C(C)C[C@@]2(C)[C@H](O)[C@]3(C)C(=C(O)c4c(O)ccc(-c5ccco5)c4[C@H]3C)C(=O)[C@@]2(O)C1=O. The number of Topliss-reactive ketones (excluding diaryl/α,β-unsaturated/α-hetero) is 3. The van der Waals surface area contributed by atoms with Crippen LogP contribution in [0.2, 0.25) is 0 Å². The summed E-state index contributed by atoms with van der Waals surface area (Å²) < 4.78 is 5.58. The number of fused-ring (bicyclic) bond motifs is 3. The zero-order valence-corrected chi connectivity index (χ0v) is 20.7. The molecular weight excluding hydrogens is 464 g/mol. The van der Waals surface area contributed by atoms with Crippen molar-refractivity contribution < 1.29 is 39.2 Å². The molecule has 3 aliphatic carbocycles. The number of ketones is 3. The molecule has 0 unspecified atom stereocenters. The van der Waals surface area contributed by atoms with E-state index in [-0.39, 0.29) is 28.9 Å². The van der Waals surface area contributed by atoms with Crippen LogP contribution in [0.25, 0.3) is 17.1 Å². The van der Waals surface area contributed by atoms with Crippen LogP contribution < -0.4 is 0 Å². The molecule has 5 atom stereocenters. The summed E-state index contributed by atoms with van der Waals surface area (Å²) in [6.45, 7) is 7.59. The van der Waals surface area contributed by atoms with Crippen molar-refractivity contribution in [1.29, 1.82) is 0 Å². The average Bonchev–Trinajstić information content (AvgIpc) is 3.34. The molecule has 8 nitrogen and oxygen atoms in total. The lowest BCUT2D eigenvalue weighted by Gasteiger charge is -2.61. The minimum Gasteiger partial charge on any atom is -0.507 e. The summed E-state index contributed by atoms with van der Waals surface area (Å²) in [6, 6.07) is 6.41. The summed E-state index contributed by atoms with van der Waals surface area (Å²) in [7, 11) is 0. The molecule has 4 N–H and O–H groups in total. The minimum atomic E-state index is -2.78. The second kappa shape index (κ2) is 7.27. The van der Waals surface area contributed by atoms with E-state index in [0.29, 0.717) is 22.5 Å². The molecular formula is C28H28O8. The van der Waals surface area contributed by atoms with E-state index in [0.717, 1.165) is 0 Å². The van der Waals surface area contributed by atoms with Crippen molar-refractivity contribution in [2.75, 3.05) is 0 Å². The van der Waals surface area contributed by atoms with Gasteiger partial charge in [0.2, 0.25) is 11.6 Å². The van der Waals surface area contributed by atoms with Crippen LogP contribution in [0, 0.1) is 10.8 Å².